The molecule has 3 unspecified atom stereocenters. The normalized spacial score (nSPS) is 25.8. The molecule has 3 atom stereocenters. The monoisotopic (exact) mass is 500 g/mol. The van der Waals surface area contributed by atoms with Crippen LogP contribution in [-0.4, -0.2) is 49.8 Å². The molecule has 2 saturated heterocycles. The molecule has 3 fully saturated rings. The Morgan fingerprint density at radius 1 is 1.25 bits per heavy atom. The van der Waals surface area contributed by atoms with E-state index in [1.807, 2.05) is 24.3 Å². The van der Waals surface area contributed by atoms with Gasteiger partial charge in [0.2, 0.25) is 0 Å². The van der Waals surface area contributed by atoms with Gasteiger partial charge >= 0.3 is 0 Å². The van der Waals surface area contributed by atoms with Crippen LogP contribution in [0.4, 0.5) is 0 Å². The van der Waals surface area contributed by atoms with E-state index in [1.54, 1.807) is 7.05 Å². The molecule has 1 amide bonds. The number of ether oxygens (including phenoxy) is 2. The molecular formula is C20H29IN4O3. The van der Waals surface area contributed by atoms with Crippen molar-refractivity contribution >= 4 is 35.8 Å². The summed E-state index contributed by atoms with van der Waals surface area (Å²) in [5, 5.41) is 9.74. The molecule has 1 saturated carbocycles. The number of rotatable bonds is 7. The lowest BCUT2D eigenvalue weighted by atomic mass is 9.96. The lowest BCUT2D eigenvalue weighted by Crippen LogP contribution is -2.47. The molecule has 154 valence electrons. The van der Waals surface area contributed by atoms with Crippen LogP contribution in [0.5, 0.6) is 5.75 Å². The van der Waals surface area contributed by atoms with Gasteiger partial charge in [0.15, 0.2) is 12.6 Å². The number of aliphatic imine (C=N–C) groups is 1. The van der Waals surface area contributed by atoms with Crippen molar-refractivity contribution in [2.75, 3.05) is 13.7 Å². The standard InChI is InChI=1S/C20H28N4O3.HI/c1-21-20(24-17-10-16-7-8-18(17)27-16)22-11-13-3-2-4-15(9-13)26-12-19(25)23-14-5-6-14;/h2-4,9,14,16-18H,5-8,10-12H2,1H3,(H,23,25)(H2,21,22,24);1H. The number of benzene rings is 1. The van der Waals surface area contributed by atoms with Crippen molar-refractivity contribution in [1.82, 2.24) is 16.0 Å². The first-order chi connectivity index (χ1) is 13.2. The largest absolute Gasteiger partial charge is 0.484 e. The zero-order valence-electron chi connectivity index (χ0n) is 16.1. The molecule has 2 heterocycles. The van der Waals surface area contributed by atoms with E-state index in [4.69, 9.17) is 9.47 Å². The maximum atomic E-state index is 11.7. The van der Waals surface area contributed by atoms with E-state index in [0.29, 0.717) is 36.6 Å². The summed E-state index contributed by atoms with van der Waals surface area (Å²) in [6.07, 6.45) is 6.25. The Bertz CT molecular complexity index is 710. The number of carbonyl (C=O) groups excluding carboxylic acids is 1. The molecule has 1 aliphatic carbocycles. The second-order valence-electron chi connectivity index (χ2n) is 7.56. The van der Waals surface area contributed by atoms with Gasteiger partial charge in [-0.25, -0.2) is 0 Å². The summed E-state index contributed by atoms with van der Waals surface area (Å²) in [6, 6.07) is 8.48. The summed E-state index contributed by atoms with van der Waals surface area (Å²) < 4.78 is 11.5. The van der Waals surface area contributed by atoms with Gasteiger partial charge in [-0.3, -0.25) is 9.79 Å². The summed E-state index contributed by atoms with van der Waals surface area (Å²) in [5.41, 5.74) is 1.07. The molecule has 0 radical (unpaired) electrons. The SMILES string of the molecule is CN=C(NCc1cccc(OCC(=O)NC2CC2)c1)NC1CC2CCC1O2.I. The first-order valence-electron chi connectivity index (χ1n) is 9.83. The van der Waals surface area contributed by atoms with Gasteiger partial charge in [0, 0.05) is 19.6 Å². The summed E-state index contributed by atoms with van der Waals surface area (Å²) in [5.74, 6) is 1.43. The van der Waals surface area contributed by atoms with Crippen LogP contribution in [0.15, 0.2) is 29.3 Å². The van der Waals surface area contributed by atoms with Gasteiger partial charge in [0.05, 0.1) is 18.2 Å². The van der Waals surface area contributed by atoms with Gasteiger partial charge in [-0.15, -0.1) is 24.0 Å². The third kappa shape index (κ3) is 5.73. The van der Waals surface area contributed by atoms with Gasteiger partial charge in [-0.1, -0.05) is 12.1 Å². The van der Waals surface area contributed by atoms with Crippen molar-refractivity contribution in [3.63, 3.8) is 0 Å². The smallest absolute Gasteiger partial charge is 0.258 e. The van der Waals surface area contributed by atoms with Crippen molar-refractivity contribution in [2.24, 2.45) is 4.99 Å². The third-order valence-electron chi connectivity index (χ3n) is 5.32. The van der Waals surface area contributed by atoms with Crippen LogP contribution in [0.3, 0.4) is 0 Å². The zero-order chi connectivity index (χ0) is 18.6. The Hall–Kier alpha value is -1.55. The second kappa shape index (κ2) is 9.78. The summed E-state index contributed by atoms with van der Waals surface area (Å²) in [4.78, 5) is 16.1. The number of carbonyl (C=O) groups is 1. The lowest BCUT2D eigenvalue weighted by molar-refractivity contribution is -0.123. The minimum Gasteiger partial charge on any atom is -0.484 e. The topological polar surface area (TPSA) is 84.0 Å². The van der Waals surface area contributed by atoms with Crippen molar-refractivity contribution in [1.29, 1.82) is 0 Å². The Morgan fingerprint density at radius 2 is 2.11 bits per heavy atom. The van der Waals surface area contributed by atoms with Crippen molar-refractivity contribution in [2.45, 2.75) is 62.9 Å². The minimum absolute atomic E-state index is 0. The molecule has 3 N–H and O–H groups in total. The molecular weight excluding hydrogens is 471 g/mol. The fourth-order valence-corrected chi connectivity index (χ4v) is 3.74. The Morgan fingerprint density at radius 3 is 2.79 bits per heavy atom. The van der Waals surface area contributed by atoms with Gasteiger partial charge in [0.25, 0.3) is 5.91 Å². The van der Waals surface area contributed by atoms with E-state index in [0.717, 1.165) is 37.2 Å². The number of guanidine groups is 1. The van der Waals surface area contributed by atoms with E-state index in [2.05, 4.69) is 20.9 Å². The number of halogens is 1. The zero-order valence-corrected chi connectivity index (χ0v) is 18.5. The van der Waals surface area contributed by atoms with Gasteiger partial charge < -0.3 is 25.4 Å². The van der Waals surface area contributed by atoms with E-state index in [-0.39, 0.29) is 36.5 Å². The number of nitrogens with one attached hydrogen (secondary N) is 3. The summed E-state index contributed by atoms with van der Waals surface area (Å²) >= 11 is 0. The molecule has 0 aromatic heterocycles. The Labute approximate surface area is 183 Å². The molecule has 8 heteroatoms. The predicted molar refractivity (Wildman–Crippen MR) is 118 cm³/mol. The van der Waals surface area contributed by atoms with Crippen LogP contribution in [0, 0.1) is 0 Å². The van der Waals surface area contributed by atoms with E-state index in [9.17, 15) is 4.79 Å². The molecule has 7 nitrogen and oxygen atoms in total. The number of amides is 1. The number of nitrogens with zero attached hydrogens (tertiary/aromatic N) is 1. The molecule has 3 aliphatic rings. The molecule has 0 spiro atoms. The van der Waals surface area contributed by atoms with Crippen molar-refractivity contribution in [3.8, 4) is 5.75 Å². The predicted octanol–water partition coefficient (Wildman–Crippen LogP) is 1.95. The first kappa shape index (κ1) is 21.2. The maximum Gasteiger partial charge on any atom is 0.258 e. The number of hydrogen-bond donors (Lipinski definition) is 3. The highest BCUT2D eigenvalue weighted by molar-refractivity contribution is 14.0. The first-order valence-corrected chi connectivity index (χ1v) is 9.83. The average molecular weight is 500 g/mol. The molecule has 28 heavy (non-hydrogen) atoms. The highest BCUT2D eigenvalue weighted by Gasteiger charge is 2.41. The third-order valence-corrected chi connectivity index (χ3v) is 5.32. The molecule has 1 aromatic carbocycles. The van der Waals surface area contributed by atoms with Crippen LogP contribution in [0.2, 0.25) is 0 Å². The highest BCUT2D eigenvalue weighted by Crippen LogP contribution is 2.34. The number of fused-ring (bicyclic) bond motifs is 2. The van der Waals surface area contributed by atoms with E-state index >= 15 is 0 Å². The molecule has 2 aliphatic heterocycles. The molecule has 1 aromatic rings. The minimum atomic E-state index is -0.0567. The Balaban J connectivity index is 0.00000225. The molecule has 4 rings (SSSR count). The molecule has 2 bridgehead atoms. The fraction of sp³-hybridized carbons (Fsp3) is 0.600. The summed E-state index contributed by atoms with van der Waals surface area (Å²) in [7, 11) is 1.78. The fourth-order valence-electron chi connectivity index (χ4n) is 3.74. The van der Waals surface area contributed by atoms with Crippen LogP contribution in [0.1, 0.15) is 37.7 Å². The number of hydrogen-bond acceptors (Lipinski definition) is 4. The Kier molecular flexibility index (Phi) is 7.39. The second-order valence-corrected chi connectivity index (χ2v) is 7.56. The van der Waals surface area contributed by atoms with Crippen LogP contribution in [-0.2, 0) is 16.1 Å². The van der Waals surface area contributed by atoms with Crippen LogP contribution < -0.4 is 20.7 Å². The quantitative estimate of drug-likeness (QED) is 0.303. The van der Waals surface area contributed by atoms with Crippen LogP contribution >= 0.6 is 24.0 Å². The maximum absolute atomic E-state index is 11.7. The van der Waals surface area contributed by atoms with Gasteiger partial charge in [-0.2, -0.15) is 0 Å². The van der Waals surface area contributed by atoms with E-state index < -0.39 is 0 Å². The van der Waals surface area contributed by atoms with Gasteiger partial charge in [-0.05, 0) is 49.8 Å². The van der Waals surface area contributed by atoms with Crippen LogP contribution in [0.25, 0.3) is 0 Å². The summed E-state index contributed by atoms with van der Waals surface area (Å²) in [6.45, 7) is 0.688. The average Bonchev–Trinajstić information content (AvgIpc) is 3.24. The van der Waals surface area contributed by atoms with Crippen molar-refractivity contribution < 1.29 is 14.3 Å². The highest BCUT2D eigenvalue weighted by atomic mass is 127. The van der Waals surface area contributed by atoms with Crippen molar-refractivity contribution in [3.05, 3.63) is 29.8 Å². The van der Waals surface area contributed by atoms with Gasteiger partial charge in [0.1, 0.15) is 5.75 Å². The van der Waals surface area contributed by atoms with E-state index in [1.165, 1.54) is 6.42 Å². The lowest BCUT2D eigenvalue weighted by Gasteiger charge is -2.22.